The van der Waals surface area contributed by atoms with Crippen molar-refractivity contribution >= 4 is 0 Å². The fraction of sp³-hybridized carbons (Fsp3) is 0.308. The van der Waals surface area contributed by atoms with Gasteiger partial charge in [-0.2, -0.15) is 5.10 Å². The van der Waals surface area contributed by atoms with Gasteiger partial charge in [0.05, 0.1) is 6.10 Å². The van der Waals surface area contributed by atoms with E-state index in [-0.39, 0.29) is 0 Å². The highest BCUT2D eigenvalue weighted by Gasteiger charge is 2.07. The monoisotopic (exact) mass is 216 g/mol. The highest BCUT2D eigenvalue weighted by Crippen LogP contribution is 2.16. The largest absolute Gasteiger partial charge is 0.388 e. The number of aryl methyl sites for hydroxylation is 2. The summed E-state index contributed by atoms with van der Waals surface area (Å²) in [6.45, 7) is 2.76. The third kappa shape index (κ3) is 2.49. The molecule has 1 aromatic heterocycles. The Morgan fingerprint density at radius 1 is 1.25 bits per heavy atom. The van der Waals surface area contributed by atoms with Crippen LogP contribution in [0, 0.1) is 6.92 Å². The van der Waals surface area contributed by atoms with E-state index in [1.807, 2.05) is 48.0 Å². The second kappa shape index (κ2) is 4.94. The molecule has 1 N–H and O–H groups in total. The Balaban J connectivity index is 1.94. The zero-order chi connectivity index (χ0) is 11.4. The lowest BCUT2D eigenvalue weighted by atomic mass is 10.1. The van der Waals surface area contributed by atoms with Gasteiger partial charge in [-0.05, 0) is 25.0 Å². The second-order valence-corrected chi connectivity index (χ2v) is 3.91. The molecular weight excluding hydrogens is 200 g/mol. The molecule has 1 atom stereocenters. The first kappa shape index (κ1) is 10.9. The molecule has 0 aliphatic rings. The molecular formula is C13H16N2O. The Morgan fingerprint density at radius 3 is 2.62 bits per heavy atom. The van der Waals surface area contributed by atoms with Crippen molar-refractivity contribution < 1.29 is 5.11 Å². The number of hydrogen-bond acceptors (Lipinski definition) is 2. The van der Waals surface area contributed by atoms with E-state index in [1.165, 1.54) is 0 Å². The molecule has 0 spiro atoms. The highest BCUT2D eigenvalue weighted by atomic mass is 16.3. The van der Waals surface area contributed by atoms with Crippen LogP contribution >= 0.6 is 0 Å². The lowest BCUT2D eigenvalue weighted by Crippen LogP contribution is -2.07. The van der Waals surface area contributed by atoms with Gasteiger partial charge in [0.25, 0.3) is 0 Å². The summed E-state index contributed by atoms with van der Waals surface area (Å²) >= 11 is 0. The average molecular weight is 216 g/mol. The number of aliphatic hydroxyl groups excluding tert-OH is 1. The normalized spacial score (nSPS) is 12.6. The lowest BCUT2D eigenvalue weighted by Gasteiger charge is -2.11. The molecule has 2 aromatic rings. The minimum atomic E-state index is -0.412. The number of benzene rings is 1. The zero-order valence-electron chi connectivity index (χ0n) is 9.37. The first-order valence-electron chi connectivity index (χ1n) is 5.49. The molecule has 0 aliphatic heterocycles. The molecule has 1 unspecified atom stereocenters. The van der Waals surface area contributed by atoms with E-state index in [0.29, 0.717) is 6.42 Å². The Morgan fingerprint density at radius 2 is 2.00 bits per heavy atom. The Kier molecular flexibility index (Phi) is 3.37. The molecule has 84 valence electrons. The van der Waals surface area contributed by atoms with Crippen LogP contribution in [-0.2, 0) is 6.54 Å². The summed E-state index contributed by atoms with van der Waals surface area (Å²) in [5.74, 6) is 0. The van der Waals surface area contributed by atoms with Crippen LogP contribution in [-0.4, -0.2) is 14.9 Å². The lowest BCUT2D eigenvalue weighted by molar-refractivity contribution is 0.159. The van der Waals surface area contributed by atoms with Crippen molar-refractivity contribution in [2.75, 3.05) is 0 Å². The predicted molar refractivity (Wildman–Crippen MR) is 63.0 cm³/mol. The van der Waals surface area contributed by atoms with Crippen LogP contribution in [0.5, 0.6) is 0 Å². The number of nitrogens with zero attached hydrogens (tertiary/aromatic N) is 2. The van der Waals surface area contributed by atoms with Crippen molar-refractivity contribution in [1.82, 2.24) is 9.78 Å². The van der Waals surface area contributed by atoms with Crippen LogP contribution in [0.1, 0.15) is 23.8 Å². The van der Waals surface area contributed by atoms with Crippen LogP contribution in [0.3, 0.4) is 0 Å². The topological polar surface area (TPSA) is 38.0 Å². The summed E-state index contributed by atoms with van der Waals surface area (Å²) in [6.07, 6.45) is 2.06. The molecule has 3 heteroatoms. The van der Waals surface area contributed by atoms with E-state index in [1.54, 1.807) is 6.20 Å². The van der Waals surface area contributed by atoms with Crippen LogP contribution in [0.4, 0.5) is 0 Å². The molecule has 1 aromatic carbocycles. The number of hydrogen-bond donors (Lipinski definition) is 1. The van der Waals surface area contributed by atoms with E-state index in [4.69, 9.17) is 0 Å². The SMILES string of the molecule is Cc1ccnn1CCC(O)c1ccccc1. The minimum Gasteiger partial charge on any atom is -0.388 e. The minimum absolute atomic E-state index is 0.412. The van der Waals surface area contributed by atoms with E-state index in [2.05, 4.69) is 5.10 Å². The van der Waals surface area contributed by atoms with Crippen molar-refractivity contribution in [3.63, 3.8) is 0 Å². The number of rotatable bonds is 4. The van der Waals surface area contributed by atoms with Gasteiger partial charge in [0.15, 0.2) is 0 Å². The average Bonchev–Trinajstić information content (AvgIpc) is 2.73. The summed E-state index contributed by atoms with van der Waals surface area (Å²) in [7, 11) is 0. The molecule has 0 fully saturated rings. The van der Waals surface area contributed by atoms with E-state index in [0.717, 1.165) is 17.8 Å². The van der Waals surface area contributed by atoms with Gasteiger partial charge >= 0.3 is 0 Å². The Hall–Kier alpha value is -1.61. The predicted octanol–water partition coefficient (Wildman–Crippen LogP) is 2.32. The van der Waals surface area contributed by atoms with Crippen LogP contribution < -0.4 is 0 Å². The molecule has 3 nitrogen and oxygen atoms in total. The smallest absolute Gasteiger partial charge is 0.0807 e. The maximum atomic E-state index is 9.97. The van der Waals surface area contributed by atoms with Crippen molar-refractivity contribution in [2.45, 2.75) is 26.0 Å². The molecule has 16 heavy (non-hydrogen) atoms. The van der Waals surface area contributed by atoms with E-state index in [9.17, 15) is 5.11 Å². The first-order valence-corrected chi connectivity index (χ1v) is 5.49. The Bertz CT molecular complexity index is 436. The summed E-state index contributed by atoms with van der Waals surface area (Å²) in [4.78, 5) is 0. The van der Waals surface area contributed by atoms with Gasteiger partial charge in [-0.15, -0.1) is 0 Å². The van der Waals surface area contributed by atoms with Crippen molar-refractivity contribution in [3.8, 4) is 0 Å². The fourth-order valence-corrected chi connectivity index (χ4v) is 1.72. The van der Waals surface area contributed by atoms with Crippen molar-refractivity contribution in [2.24, 2.45) is 0 Å². The number of aliphatic hydroxyl groups is 1. The van der Waals surface area contributed by atoms with E-state index < -0.39 is 6.10 Å². The Labute approximate surface area is 95.3 Å². The maximum absolute atomic E-state index is 9.97. The van der Waals surface area contributed by atoms with Crippen LogP contribution in [0.15, 0.2) is 42.6 Å². The van der Waals surface area contributed by atoms with Gasteiger partial charge < -0.3 is 5.11 Å². The summed E-state index contributed by atoms with van der Waals surface area (Å²) in [6, 6.07) is 11.7. The third-order valence-corrected chi connectivity index (χ3v) is 2.73. The van der Waals surface area contributed by atoms with Crippen molar-refractivity contribution in [3.05, 3.63) is 53.9 Å². The van der Waals surface area contributed by atoms with E-state index >= 15 is 0 Å². The molecule has 0 aliphatic carbocycles. The molecule has 0 radical (unpaired) electrons. The quantitative estimate of drug-likeness (QED) is 0.851. The second-order valence-electron chi connectivity index (χ2n) is 3.91. The van der Waals surface area contributed by atoms with Gasteiger partial charge in [-0.3, -0.25) is 4.68 Å². The zero-order valence-corrected chi connectivity index (χ0v) is 9.37. The molecule has 0 amide bonds. The van der Waals surface area contributed by atoms with Gasteiger partial charge in [0.2, 0.25) is 0 Å². The maximum Gasteiger partial charge on any atom is 0.0807 e. The molecule has 2 rings (SSSR count). The molecule has 0 saturated carbocycles. The third-order valence-electron chi connectivity index (χ3n) is 2.73. The highest BCUT2D eigenvalue weighted by molar-refractivity contribution is 5.17. The summed E-state index contributed by atoms with van der Waals surface area (Å²) in [5, 5.41) is 14.2. The standard InChI is InChI=1S/C13H16N2O/c1-11-7-9-14-15(11)10-8-13(16)12-5-3-2-4-6-12/h2-7,9,13,16H,8,10H2,1H3. The summed E-state index contributed by atoms with van der Waals surface area (Å²) in [5.41, 5.74) is 2.09. The first-order chi connectivity index (χ1) is 7.77. The van der Waals surface area contributed by atoms with Gasteiger partial charge in [0.1, 0.15) is 0 Å². The number of aromatic nitrogens is 2. The van der Waals surface area contributed by atoms with Gasteiger partial charge in [0, 0.05) is 18.4 Å². The van der Waals surface area contributed by atoms with Crippen molar-refractivity contribution in [1.29, 1.82) is 0 Å². The van der Waals surface area contributed by atoms with Crippen LogP contribution in [0.2, 0.25) is 0 Å². The molecule has 1 heterocycles. The summed E-state index contributed by atoms with van der Waals surface area (Å²) < 4.78 is 1.91. The molecule has 0 saturated heterocycles. The van der Waals surface area contributed by atoms with Crippen LogP contribution in [0.25, 0.3) is 0 Å². The fourth-order valence-electron chi connectivity index (χ4n) is 1.72. The molecule has 0 bridgehead atoms. The van der Waals surface area contributed by atoms with Gasteiger partial charge in [-0.25, -0.2) is 0 Å². The van der Waals surface area contributed by atoms with Gasteiger partial charge in [-0.1, -0.05) is 30.3 Å².